The summed E-state index contributed by atoms with van der Waals surface area (Å²) in [5.74, 6) is -0.481. The third-order valence-corrected chi connectivity index (χ3v) is 5.47. The summed E-state index contributed by atoms with van der Waals surface area (Å²) in [5, 5.41) is 0. The maximum absolute atomic E-state index is 13.9. The van der Waals surface area contributed by atoms with Gasteiger partial charge in [-0.2, -0.15) is 4.31 Å². The second-order valence-corrected chi connectivity index (χ2v) is 7.22. The monoisotopic (exact) mass is 285 g/mol. The second-order valence-electron chi connectivity index (χ2n) is 5.31. The van der Waals surface area contributed by atoms with Crippen molar-refractivity contribution < 1.29 is 12.8 Å². The molecule has 1 aliphatic heterocycles. The van der Waals surface area contributed by atoms with Gasteiger partial charge in [0.15, 0.2) is 0 Å². The molecule has 19 heavy (non-hydrogen) atoms. The van der Waals surface area contributed by atoms with Gasteiger partial charge in [-0.25, -0.2) is 12.8 Å². The molecule has 0 N–H and O–H groups in total. The zero-order valence-electron chi connectivity index (χ0n) is 11.4. The Morgan fingerprint density at radius 3 is 2.37 bits per heavy atom. The Morgan fingerprint density at radius 2 is 1.79 bits per heavy atom. The number of halogens is 1. The molecule has 0 amide bonds. The zero-order valence-corrected chi connectivity index (χ0v) is 12.2. The minimum atomic E-state index is -3.69. The van der Waals surface area contributed by atoms with Crippen LogP contribution in [0.2, 0.25) is 0 Å². The Kier molecular flexibility index (Phi) is 4.26. The average Bonchev–Trinajstić information content (AvgIpc) is 2.39. The van der Waals surface area contributed by atoms with Crippen molar-refractivity contribution in [3.05, 3.63) is 29.6 Å². The topological polar surface area (TPSA) is 37.4 Å². The van der Waals surface area contributed by atoms with Crippen LogP contribution in [0.1, 0.15) is 44.6 Å². The molecule has 2 rings (SSSR count). The van der Waals surface area contributed by atoms with E-state index < -0.39 is 15.8 Å². The number of hydrogen-bond donors (Lipinski definition) is 0. The molecular weight excluding hydrogens is 265 g/mol. The Hall–Kier alpha value is -0.940. The molecule has 5 heteroatoms. The summed E-state index contributed by atoms with van der Waals surface area (Å²) >= 11 is 0. The summed E-state index contributed by atoms with van der Waals surface area (Å²) in [6.07, 6.45) is 2.75. The van der Waals surface area contributed by atoms with Gasteiger partial charge in [-0.05, 0) is 36.5 Å². The Balaban J connectivity index is 2.41. The first kappa shape index (κ1) is 14.5. The van der Waals surface area contributed by atoms with Gasteiger partial charge < -0.3 is 0 Å². The molecule has 1 aromatic rings. The van der Waals surface area contributed by atoms with E-state index >= 15 is 0 Å². The number of benzene rings is 1. The van der Waals surface area contributed by atoms with E-state index in [-0.39, 0.29) is 10.8 Å². The number of rotatable bonds is 3. The lowest BCUT2D eigenvalue weighted by molar-refractivity contribution is 0.345. The van der Waals surface area contributed by atoms with Crippen LogP contribution in [0.15, 0.2) is 23.1 Å². The van der Waals surface area contributed by atoms with E-state index in [1.807, 2.05) is 13.8 Å². The fraction of sp³-hybridized carbons (Fsp3) is 0.571. The van der Waals surface area contributed by atoms with Crippen LogP contribution in [-0.2, 0) is 10.0 Å². The molecule has 0 atom stereocenters. The number of sulfonamides is 1. The molecule has 0 bridgehead atoms. The van der Waals surface area contributed by atoms with Crippen LogP contribution in [0.5, 0.6) is 0 Å². The summed E-state index contributed by atoms with van der Waals surface area (Å²) in [5.41, 5.74) is 0.844. The highest BCUT2D eigenvalue weighted by molar-refractivity contribution is 7.89. The summed E-state index contributed by atoms with van der Waals surface area (Å²) in [6, 6.07) is 4.38. The van der Waals surface area contributed by atoms with Gasteiger partial charge in [0, 0.05) is 13.1 Å². The molecule has 1 fully saturated rings. The van der Waals surface area contributed by atoms with E-state index in [1.165, 1.54) is 16.4 Å². The van der Waals surface area contributed by atoms with E-state index in [0.717, 1.165) is 24.8 Å². The fourth-order valence-electron chi connectivity index (χ4n) is 2.32. The standard InChI is InChI=1S/C14H20FNO2S/c1-11(2)12-6-7-13(15)14(10-12)19(17,18)16-8-4-3-5-9-16/h6-7,10-11H,3-5,8-9H2,1-2H3. The highest BCUT2D eigenvalue weighted by Crippen LogP contribution is 2.26. The van der Waals surface area contributed by atoms with Gasteiger partial charge in [0.25, 0.3) is 0 Å². The van der Waals surface area contributed by atoms with E-state index in [4.69, 9.17) is 0 Å². The first-order valence-electron chi connectivity index (χ1n) is 6.72. The normalized spacial score (nSPS) is 17.9. The van der Waals surface area contributed by atoms with Crippen molar-refractivity contribution in [2.24, 2.45) is 0 Å². The fourth-order valence-corrected chi connectivity index (χ4v) is 3.94. The Bertz CT molecular complexity index is 549. The molecule has 0 aromatic heterocycles. The van der Waals surface area contributed by atoms with Crippen LogP contribution in [-0.4, -0.2) is 25.8 Å². The summed E-state index contributed by atoms with van der Waals surface area (Å²) in [7, 11) is -3.69. The van der Waals surface area contributed by atoms with Crippen molar-refractivity contribution in [3.63, 3.8) is 0 Å². The van der Waals surface area contributed by atoms with Crippen molar-refractivity contribution in [2.75, 3.05) is 13.1 Å². The maximum Gasteiger partial charge on any atom is 0.245 e. The predicted molar refractivity (Wildman–Crippen MR) is 73.1 cm³/mol. The lowest BCUT2D eigenvalue weighted by atomic mass is 10.0. The van der Waals surface area contributed by atoms with Crippen molar-refractivity contribution in [1.82, 2.24) is 4.31 Å². The third-order valence-electron chi connectivity index (χ3n) is 3.55. The molecule has 0 aliphatic carbocycles. The minimum Gasteiger partial charge on any atom is -0.207 e. The molecule has 106 valence electrons. The molecule has 1 saturated heterocycles. The second kappa shape index (κ2) is 5.59. The summed E-state index contributed by atoms with van der Waals surface area (Å²) in [4.78, 5) is -0.180. The zero-order chi connectivity index (χ0) is 14.0. The van der Waals surface area contributed by atoms with Crippen molar-refractivity contribution in [3.8, 4) is 0 Å². The minimum absolute atomic E-state index is 0.177. The average molecular weight is 285 g/mol. The maximum atomic E-state index is 13.9. The first-order chi connectivity index (χ1) is 8.93. The molecule has 1 heterocycles. The van der Waals surface area contributed by atoms with Crippen LogP contribution in [0.4, 0.5) is 4.39 Å². The highest BCUT2D eigenvalue weighted by Gasteiger charge is 2.28. The Morgan fingerprint density at radius 1 is 1.16 bits per heavy atom. The van der Waals surface area contributed by atoms with Crippen LogP contribution in [0, 0.1) is 5.82 Å². The van der Waals surface area contributed by atoms with Crippen molar-refractivity contribution >= 4 is 10.0 Å². The smallest absolute Gasteiger partial charge is 0.207 e. The van der Waals surface area contributed by atoms with Gasteiger partial charge in [0.05, 0.1) is 0 Å². The summed E-state index contributed by atoms with van der Waals surface area (Å²) < 4.78 is 40.2. The largest absolute Gasteiger partial charge is 0.245 e. The lowest BCUT2D eigenvalue weighted by Gasteiger charge is -2.26. The van der Waals surface area contributed by atoms with Crippen molar-refractivity contribution in [2.45, 2.75) is 43.9 Å². The van der Waals surface area contributed by atoms with Gasteiger partial charge in [-0.3, -0.25) is 0 Å². The third kappa shape index (κ3) is 2.98. The number of piperidine rings is 1. The van der Waals surface area contributed by atoms with Crippen LogP contribution >= 0.6 is 0 Å². The summed E-state index contributed by atoms with van der Waals surface area (Å²) in [6.45, 7) is 4.91. The molecule has 0 radical (unpaired) electrons. The van der Waals surface area contributed by atoms with Gasteiger partial charge >= 0.3 is 0 Å². The van der Waals surface area contributed by atoms with E-state index in [1.54, 1.807) is 6.07 Å². The molecular formula is C14H20FNO2S. The number of hydrogen-bond acceptors (Lipinski definition) is 2. The van der Waals surface area contributed by atoms with E-state index in [9.17, 15) is 12.8 Å². The molecule has 0 spiro atoms. The number of nitrogens with zero attached hydrogens (tertiary/aromatic N) is 1. The molecule has 1 aliphatic rings. The highest BCUT2D eigenvalue weighted by atomic mass is 32.2. The molecule has 0 saturated carbocycles. The van der Waals surface area contributed by atoms with Gasteiger partial charge in [0.2, 0.25) is 10.0 Å². The predicted octanol–water partition coefficient (Wildman–Crippen LogP) is 3.12. The van der Waals surface area contributed by atoms with Crippen LogP contribution < -0.4 is 0 Å². The van der Waals surface area contributed by atoms with Crippen molar-refractivity contribution in [1.29, 1.82) is 0 Å². The van der Waals surface area contributed by atoms with E-state index in [0.29, 0.717) is 13.1 Å². The molecule has 0 unspecified atom stereocenters. The lowest BCUT2D eigenvalue weighted by Crippen LogP contribution is -2.36. The molecule has 1 aromatic carbocycles. The van der Waals surface area contributed by atoms with Gasteiger partial charge in [-0.15, -0.1) is 0 Å². The Labute approximate surface area is 114 Å². The SMILES string of the molecule is CC(C)c1ccc(F)c(S(=O)(=O)N2CCCCC2)c1. The first-order valence-corrected chi connectivity index (χ1v) is 8.16. The van der Waals surface area contributed by atoms with Crippen LogP contribution in [0.3, 0.4) is 0 Å². The van der Waals surface area contributed by atoms with E-state index in [2.05, 4.69) is 0 Å². The van der Waals surface area contributed by atoms with Gasteiger partial charge in [0.1, 0.15) is 10.7 Å². The quantitative estimate of drug-likeness (QED) is 0.855. The van der Waals surface area contributed by atoms with Gasteiger partial charge in [-0.1, -0.05) is 26.3 Å². The van der Waals surface area contributed by atoms with Crippen LogP contribution in [0.25, 0.3) is 0 Å². The molecule has 3 nitrogen and oxygen atoms in total.